The van der Waals surface area contributed by atoms with Crippen molar-refractivity contribution in [1.29, 1.82) is 5.26 Å². The van der Waals surface area contributed by atoms with Gasteiger partial charge in [0, 0.05) is 12.3 Å². The number of nitrogens with zero attached hydrogens (tertiary/aromatic N) is 2. The van der Waals surface area contributed by atoms with Crippen molar-refractivity contribution < 1.29 is 9.47 Å². The molecule has 2 N–H and O–H groups in total. The molecule has 0 unspecified atom stereocenters. The Hall–Kier alpha value is -2.74. The van der Waals surface area contributed by atoms with Crippen molar-refractivity contribution in [3.63, 3.8) is 0 Å². The fraction of sp³-hybridized carbons (Fsp3) is 0.143. The zero-order chi connectivity index (χ0) is 13.7. The van der Waals surface area contributed by atoms with E-state index in [1.54, 1.807) is 18.2 Å². The maximum Gasteiger partial charge on any atom is 0.244 e. The van der Waals surface area contributed by atoms with Crippen LogP contribution in [0.5, 0.6) is 17.4 Å². The van der Waals surface area contributed by atoms with Gasteiger partial charge in [0.15, 0.2) is 0 Å². The van der Waals surface area contributed by atoms with Crippen LogP contribution in [-0.2, 0) is 0 Å². The zero-order valence-electron chi connectivity index (χ0n) is 10.5. The lowest BCUT2D eigenvalue weighted by Gasteiger charge is -2.09. The van der Waals surface area contributed by atoms with Gasteiger partial charge in [-0.15, -0.1) is 0 Å². The molecule has 5 heteroatoms. The molecule has 0 saturated heterocycles. The lowest BCUT2D eigenvalue weighted by atomic mass is 10.2. The number of ether oxygens (including phenoxy) is 2. The highest BCUT2D eigenvalue weighted by atomic mass is 16.5. The maximum atomic E-state index is 8.89. The minimum absolute atomic E-state index is 0.215. The highest BCUT2D eigenvalue weighted by molar-refractivity contribution is 5.60. The number of nitrogens with two attached hydrogens (primary N) is 1. The molecule has 19 heavy (non-hydrogen) atoms. The second kappa shape index (κ2) is 5.74. The Morgan fingerprint density at radius 2 is 2.11 bits per heavy atom. The van der Waals surface area contributed by atoms with E-state index in [0.29, 0.717) is 23.7 Å². The van der Waals surface area contributed by atoms with Gasteiger partial charge in [0.2, 0.25) is 5.88 Å². The van der Waals surface area contributed by atoms with Gasteiger partial charge in [0.1, 0.15) is 23.3 Å². The number of aromatic nitrogens is 1. The van der Waals surface area contributed by atoms with Gasteiger partial charge in [-0.25, -0.2) is 4.98 Å². The number of rotatable bonds is 4. The molecular weight excluding hydrogens is 242 g/mol. The Labute approximate surface area is 111 Å². The summed E-state index contributed by atoms with van der Waals surface area (Å²) >= 11 is 0. The monoisotopic (exact) mass is 255 g/mol. The Bertz CT molecular complexity index is 620. The largest absolute Gasteiger partial charge is 0.494 e. The fourth-order valence-corrected chi connectivity index (χ4v) is 1.54. The molecule has 0 aliphatic carbocycles. The summed E-state index contributed by atoms with van der Waals surface area (Å²) in [7, 11) is 0. The summed E-state index contributed by atoms with van der Waals surface area (Å²) in [6.07, 6.45) is 1.48. The molecule has 2 aromatic rings. The van der Waals surface area contributed by atoms with Crippen LogP contribution in [0.25, 0.3) is 0 Å². The fourth-order valence-electron chi connectivity index (χ4n) is 1.54. The van der Waals surface area contributed by atoms with Crippen LogP contribution in [0, 0.1) is 11.3 Å². The highest BCUT2D eigenvalue weighted by Gasteiger charge is 2.08. The average molecular weight is 255 g/mol. The van der Waals surface area contributed by atoms with E-state index in [0.717, 1.165) is 0 Å². The molecule has 0 spiro atoms. The molecule has 0 amide bonds. The molecule has 0 atom stereocenters. The molecule has 0 radical (unpaired) electrons. The van der Waals surface area contributed by atoms with Crippen molar-refractivity contribution in [1.82, 2.24) is 4.98 Å². The van der Waals surface area contributed by atoms with Gasteiger partial charge in [-0.1, -0.05) is 6.07 Å². The van der Waals surface area contributed by atoms with Crippen molar-refractivity contribution in [2.24, 2.45) is 0 Å². The van der Waals surface area contributed by atoms with Crippen molar-refractivity contribution >= 4 is 5.69 Å². The van der Waals surface area contributed by atoms with Crippen LogP contribution in [0.15, 0.2) is 36.5 Å². The van der Waals surface area contributed by atoms with Crippen LogP contribution in [-0.4, -0.2) is 11.6 Å². The summed E-state index contributed by atoms with van der Waals surface area (Å²) in [6, 6.07) is 10.7. The smallest absolute Gasteiger partial charge is 0.244 e. The molecule has 0 aliphatic rings. The van der Waals surface area contributed by atoms with E-state index < -0.39 is 0 Å². The molecule has 0 bridgehead atoms. The van der Waals surface area contributed by atoms with Gasteiger partial charge in [-0.3, -0.25) is 0 Å². The predicted octanol–water partition coefficient (Wildman–Crippen LogP) is 2.73. The first-order valence-electron chi connectivity index (χ1n) is 5.80. The molecule has 96 valence electrons. The Morgan fingerprint density at radius 3 is 2.84 bits per heavy atom. The van der Waals surface area contributed by atoms with E-state index in [1.165, 1.54) is 6.20 Å². The highest BCUT2D eigenvalue weighted by Crippen LogP contribution is 2.29. The first-order valence-corrected chi connectivity index (χ1v) is 5.80. The summed E-state index contributed by atoms with van der Waals surface area (Å²) in [5.41, 5.74) is 6.36. The normalized spacial score (nSPS) is 9.68. The minimum atomic E-state index is 0.215. The van der Waals surface area contributed by atoms with Gasteiger partial charge in [0.25, 0.3) is 0 Å². The van der Waals surface area contributed by atoms with E-state index in [9.17, 15) is 0 Å². The lowest BCUT2D eigenvalue weighted by molar-refractivity contribution is 0.338. The van der Waals surface area contributed by atoms with E-state index in [2.05, 4.69) is 4.98 Å². The third-order valence-electron chi connectivity index (χ3n) is 2.41. The first kappa shape index (κ1) is 12.7. The van der Waals surface area contributed by atoms with Crippen molar-refractivity contribution in [3.05, 3.63) is 42.1 Å². The Balaban J connectivity index is 2.26. The summed E-state index contributed by atoms with van der Waals surface area (Å²) in [5, 5.41) is 8.89. The number of pyridine rings is 1. The quantitative estimate of drug-likeness (QED) is 0.908. The van der Waals surface area contributed by atoms with Crippen LogP contribution in [0.3, 0.4) is 0 Å². The van der Waals surface area contributed by atoms with Gasteiger partial charge in [-0.2, -0.15) is 5.26 Å². The van der Waals surface area contributed by atoms with Crippen LogP contribution < -0.4 is 15.2 Å². The van der Waals surface area contributed by atoms with Crippen molar-refractivity contribution in [3.8, 4) is 23.4 Å². The number of hydrogen-bond acceptors (Lipinski definition) is 5. The number of nitrogen functional groups attached to an aromatic ring is 1. The summed E-state index contributed by atoms with van der Waals surface area (Å²) in [4.78, 5) is 4.02. The summed E-state index contributed by atoms with van der Waals surface area (Å²) < 4.78 is 10.9. The third-order valence-corrected chi connectivity index (χ3v) is 2.41. The van der Waals surface area contributed by atoms with Crippen LogP contribution >= 0.6 is 0 Å². The molecule has 1 aromatic heterocycles. The first-order chi connectivity index (χ1) is 9.24. The topological polar surface area (TPSA) is 81.2 Å². The SMILES string of the molecule is CCOc1cccc(Oc2nccc(C#N)c2N)c1. The number of hydrogen-bond donors (Lipinski definition) is 1. The Morgan fingerprint density at radius 1 is 1.32 bits per heavy atom. The minimum Gasteiger partial charge on any atom is -0.494 e. The van der Waals surface area contributed by atoms with E-state index >= 15 is 0 Å². The van der Waals surface area contributed by atoms with Gasteiger partial charge in [-0.05, 0) is 25.1 Å². The van der Waals surface area contributed by atoms with Gasteiger partial charge in [0.05, 0.1) is 12.2 Å². The third kappa shape index (κ3) is 2.93. The maximum absolute atomic E-state index is 8.89. The average Bonchev–Trinajstić information content (AvgIpc) is 2.42. The Kier molecular flexibility index (Phi) is 3.84. The second-order valence-corrected chi connectivity index (χ2v) is 3.70. The van der Waals surface area contributed by atoms with Crippen molar-refractivity contribution in [2.45, 2.75) is 6.92 Å². The van der Waals surface area contributed by atoms with Gasteiger partial charge >= 0.3 is 0 Å². The molecule has 0 fully saturated rings. The molecular formula is C14H13N3O2. The van der Waals surface area contributed by atoms with E-state index in [4.69, 9.17) is 20.5 Å². The summed E-state index contributed by atoms with van der Waals surface area (Å²) in [6.45, 7) is 2.48. The lowest BCUT2D eigenvalue weighted by Crippen LogP contribution is -1.98. The summed E-state index contributed by atoms with van der Waals surface area (Å²) in [5.74, 6) is 1.47. The molecule has 0 saturated carbocycles. The molecule has 5 nitrogen and oxygen atoms in total. The molecule has 0 aliphatic heterocycles. The molecule has 2 rings (SSSR count). The van der Waals surface area contributed by atoms with Crippen LogP contribution in [0.4, 0.5) is 5.69 Å². The number of benzene rings is 1. The molecule has 1 heterocycles. The number of anilines is 1. The van der Waals surface area contributed by atoms with Crippen LogP contribution in [0.2, 0.25) is 0 Å². The van der Waals surface area contributed by atoms with Crippen LogP contribution in [0.1, 0.15) is 12.5 Å². The van der Waals surface area contributed by atoms with E-state index in [-0.39, 0.29) is 11.6 Å². The van der Waals surface area contributed by atoms with E-state index in [1.807, 2.05) is 25.1 Å². The zero-order valence-corrected chi connectivity index (χ0v) is 10.5. The van der Waals surface area contributed by atoms with Gasteiger partial charge < -0.3 is 15.2 Å². The second-order valence-electron chi connectivity index (χ2n) is 3.70. The van der Waals surface area contributed by atoms with Crippen molar-refractivity contribution in [2.75, 3.05) is 12.3 Å². The molecule has 1 aromatic carbocycles. The predicted molar refractivity (Wildman–Crippen MR) is 71.0 cm³/mol. The standard InChI is InChI=1S/C14H13N3O2/c1-2-18-11-4-3-5-12(8-11)19-14-13(16)10(9-15)6-7-17-14/h3-8H,2,16H2,1H3. The number of nitriles is 1.